The highest BCUT2D eigenvalue weighted by molar-refractivity contribution is 5.96. The minimum absolute atomic E-state index is 0.224. The van der Waals surface area contributed by atoms with Crippen LogP contribution >= 0.6 is 0 Å². The van der Waals surface area contributed by atoms with E-state index in [1.807, 2.05) is 0 Å². The molecule has 2 aromatic rings. The molecule has 0 radical (unpaired) electrons. The highest BCUT2D eigenvalue weighted by Gasteiger charge is 2.29. The lowest BCUT2D eigenvalue weighted by Crippen LogP contribution is -2.39. The summed E-state index contributed by atoms with van der Waals surface area (Å²) in [4.78, 5) is 21.8. The van der Waals surface area contributed by atoms with Crippen molar-refractivity contribution in [3.05, 3.63) is 57.4 Å². The largest absolute Gasteiger partial charge is 0.383 e. The number of H-pyrrole nitrogens is 1. The van der Waals surface area contributed by atoms with Gasteiger partial charge in [0.05, 0.1) is 11.5 Å². The standard InChI is InChI=1S/C13H12F2N4O4/c1-13(21,8-3-2-7(14)4-9(8)15)6-16-12(20)11-10(19(22)23)5-17-18-11/h2-5,21H,6H2,1H3,(H,16,20)(H,17,18). The van der Waals surface area contributed by atoms with Crippen molar-refractivity contribution in [2.24, 2.45) is 0 Å². The van der Waals surface area contributed by atoms with E-state index >= 15 is 0 Å². The van der Waals surface area contributed by atoms with Crippen molar-refractivity contribution in [1.82, 2.24) is 15.5 Å². The lowest BCUT2D eigenvalue weighted by atomic mass is 9.95. The van der Waals surface area contributed by atoms with E-state index in [0.29, 0.717) is 6.07 Å². The number of carbonyl (C=O) groups is 1. The molecule has 1 amide bonds. The van der Waals surface area contributed by atoms with Gasteiger partial charge in [-0.1, -0.05) is 6.07 Å². The molecule has 122 valence electrons. The number of nitrogens with one attached hydrogen (secondary N) is 2. The van der Waals surface area contributed by atoms with Crippen molar-refractivity contribution in [2.45, 2.75) is 12.5 Å². The van der Waals surface area contributed by atoms with E-state index in [1.165, 1.54) is 6.92 Å². The molecule has 1 unspecified atom stereocenters. The van der Waals surface area contributed by atoms with Crippen LogP contribution in [0, 0.1) is 21.7 Å². The minimum Gasteiger partial charge on any atom is -0.383 e. The van der Waals surface area contributed by atoms with Gasteiger partial charge in [0.1, 0.15) is 23.4 Å². The topological polar surface area (TPSA) is 121 Å². The van der Waals surface area contributed by atoms with Crippen LogP contribution in [0.5, 0.6) is 0 Å². The molecule has 8 nitrogen and oxygen atoms in total. The van der Waals surface area contributed by atoms with Gasteiger partial charge in [0.2, 0.25) is 5.69 Å². The van der Waals surface area contributed by atoms with Crippen LogP contribution in [0.4, 0.5) is 14.5 Å². The van der Waals surface area contributed by atoms with Crippen LogP contribution in [0.15, 0.2) is 24.4 Å². The number of amides is 1. The second-order valence-electron chi connectivity index (χ2n) is 4.97. The van der Waals surface area contributed by atoms with Crippen molar-refractivity contribution < 1.29 is 23.6 Å². The van der Waals surface area contributed by atoms with Crippen LogP contribution in [-0.2, 0) is 5.60 Å². The third kappa shape index (κ3) is 3.48. The summed E-state index contributed by atoms with van der Waals surface area (Å²) in [6.45, 7) is 0.759. The number of halogens is 2. The molecule has 0 saturated heterocycles. The summed E-state index contributed by atoms with van der Waals surface area (Å²) in [6.07, 6.45) is 0.868. The lowest BCUT2D eigenvalue weighted by Gasteiger charge is -2.24. The first-order chi connectivity index (χ1) is 10.7. The van der Waals surface area contributed by atoms with E-state index in [1.54, 1.807) is 0 Å². The van der Waals surface area contributed by atoms with Gasteiger partial charge in [0, 0.05) is 11.6 Å². The molecule has 0 fully saturated rings. The lowest BCUT2D eigenvalue weighted by molar-refractivity contribution is -0.385. The van der Waals surface area contributed by atoms with Gasteiger partial charge < -0.3 is 10.4 Å². The number of aromatic nitrogens is 2. The molecule has 1 aromatic heterocycles. The molecule has 1 atom stereocenters. The zero-order valence-electron chi connectivity index (χ0n) is 11.8. The van der Waals surface area contributed by atoms with E-state index in [2.05, 4.69) is 15.5 Å². The smallest absolute Gasteiger partial charge is 0.319 e. The maximum atomic E-state index is 13.7. The summed E-state index contributed by atoms with van der Waals surface area (Å²) in [7, 11) is 0. The molecule has 1 aromatic carbocycles. The Morgan fingerprint density at radius 2 is 2.22 bits per heavy atom. The molecule has 0 aliphatic carbocycles. The molecule has 0 saturated carbocycles. The summed E-state index contributed by atoms with van der Waals surface area (Å²) in [5, 5.41) is 28.8. The summed E-state index contributed by atoms with van der Waals surface area (Å²) in [6, 6.07) is 2.62. The van der Waals surface area contributed by atoms with Crippen LogP contribution in [0.3, 0.4) is 0 Å². The molecule has 0 aliphatic heterocycles. The molecule has 0 spiro atoms. The van der Waals surface area contributed by atoms with Crippen molar-refractivity contribution in [3.8, 4) is 0 Å². The van der Waals surface area contributed by atoms with E-state index in [9.17, 15) is 28.8 Å². The molecular weight excluding hydrogens is 314 g/mol. The molecule has 10 heteroatoms. The van der Waals surface area contributed by atoms with Gasteiger partial charge in [-0.15, -0.1) is 0 Å². The Kier molecular flexibility index (Phi) is 4.36. The van der Waals surface area contributed by atoms with Gasteiger partial charge in [-0.05, 0) is 13.0 Å². The molecule has 0 aliphatic rings. The number of nitro groups is 1. The van der Waals surface area contributed by atoms with Crippen molar-refractivity contribution in [3.63, 3.8) is 0 Å². The van der Waals surface area contributed by atoms with Crippen LogP contribution in [0.25, 0.3) is 0 Å². The van der Waals surface area contributed by atoms with Crippen molar-refractivity contribution >= 4 is 11.6 Å². The molecule has 1 heterocycles. The fourth-order valence-electron chi connectivity index (χ4n) is 1.95. The molecular formula is C13H12F2N4O4. The number of hydrogen-bond acceptors (Lipinski definition) is 5. The SMILES string of the molecule is CC(O)(CNC(=O)c1[nH]ncc1[N+](=O)[O-])c1ccc(F)cc1F. The number of aromatic amines is 1. The number of rotatable bonds is 5. The number of nitrogens with zero attached hydrogens (tertiary/aromatic N) is 2. The van der Waals surface area contributed by atoms with Crippen molar-refractivity contribution in [1.29, 1.82) is 0 Å². The van der Waals surface area contributed by atoms with Gasteiger partial charge in [0.25, 0.3) is 5.91 Å². The van der Waals surface area contributed by atoms with Crippen LogP contribution in [0.1, 0.15) is 23.0 Å². The Labute approximate surface area is 128 Å². The summed E-state index contributed by atoms with van der Waals surface area (Å²) in [5.41, 5.74) is -3.00. The van der Waals surface area contributed by atoms with Crippen molar-refractivity contribution in [2.75, 3.05) is 6.54 Å². The average Bonchev–Trinajstić information content (AvgIpc) is 2.94. The Bertz CT molecular complexity index is 760. The van der Waals surface area contributed by atoms with E-state index in [0.717, 1.165) is 18.3 Å². The van der Waals surface area contributed by atoms with Crippen LogP contribution in [-0.4, -0.2) is 32.7 Å². The first-order valence-electron chi connectivity index (χ1n) is 6.36. The first-order valence-corrected chi connectivity index (χ1v) is 6.36. The summed E-state index contributed by atoms with van der Waals surface area (Å²) < 4.78 is 26.6. The Balaban J connectivity index is 2.14. The zero-order valence-corrected chi connectivity index (χ0v) is 11.8. The highest BCUT2D eigenvalue weighted by atomic mass is 19.1. The van der Waals surface area contributed by atoms with Gasteiger partial charge in [-0.2, -0.15) is 5.10 Å². The Hall–Kier alpha value is -2.88. The predicted octanol–water partition coefficient (Wildman–Crippen LogP) is 1.23. The second kappa shape index (κ2) is 6.08. The number of benzene rings is 1. The molecule has 2 rings (SSSR count). The fraction of sp³-hybridized carbons (Fsp3) is 0.231. The summed E-state index contributed by atoms with van der Waals surface area (Å²) >= 11 is 0. The van der Waals surface area contributed by atoms with Gasteiger partial charge in [-0.25, -0.2) is 8.78 Å². The molecule has 3 N–H and O–H groups in total. The van der Waals surface area contributed by atoms with Gasteiger partial charge >= 0.3 is 5.69 Å². The van der Waals surface area contributed by atoms with E-state index < -0.39 is 46.0 Å². The minimum atomic E-state index is -1.84. The number of carbonyl (C=O) groups excluding carboxylic acids is 1. The predicted molar refractivity (Wildman–Crippen MR) is 73.5 cm³/mol. The highest BCUT2D eigenvalue weighted by Crippen LogP contribution is 2.24. The maximum absolute atomic E-state index is 13.7. The quantitative estimate of drug-likeness (QED) is 0.564. The average molecular weight is 326 g/mol. The molecule has 23 heavy (non-hydrogen) atoms. The maximum Gasteiger partial charge on any atom is 0.319 e. The van der Waals surface area contributed by atoms with Gasteiger partial charge in [0.15, 0.2) is 0 Å². The van der Waals surface area contributed by atoms with E-state index in [4.69, 9.17) is 0 Å². The van der Waals surface area contributed by atoms with Crippen LogP contribution in [0.2, 0.25) is 0 Å². The molecule has 0 bridgehead atoms. The number of hydrogen-bond donors (Lipinski definition) is 3. The zero-order chi connectivity index (χ0) is 17.2. The normalized spacial score (nSPS) is 13.4. The van der Waals surface area contributed by atoms with Gasteiger partial charge in [-0.3, -0.25) is 20.0 Å². The van der Waals surface area contributed by atoms with E-state index in [-0.39, 0.29) is 5.56 Å². The Morgan fingerprint density at radius 1 is 1.52 bits per heavy atom. The first kappa shape index (κ1) is 16.5. The third-order valence-electron chi connectivity index (χ3n) is 3.15. The Morgan fingerprint density at radius 3 is 2.83 bits per heavy atom. The monoisotopic (exact) mass is 326 g/mol. The van der Waals surface area contributed by atoms with Crippen LogP contribution < -0.4 is 5.32 Å². The third-order valence-corrected chi connectivity index (χ3v) is 3.15. The second-order valence-corrected chi connectivity index (χ2v) is 4.97. The number of aliphatic hydroxyl groups is 1. The summed E-state index contributed by atoms with van der Waals surface area (Å²) in [5.74, 6) is -2.67. The fourth-order valence-corrected chi connectivity index (χ4v) is 1.95.